The third-order valence-electron chi connectivity index (χ3n) is 6.83. The summed E-state index contributed by atoms with van der Waals surface area (Å²) in [4.78, 5) is 0. The molecule has 4 aliphatic carbocycles. The van der Waals surface area contributed by atoms with E-state index in [2.05, 4.69) is 47.5 Å². The van der Waals surface area contributed by atoms with Gasteiger partial charge in [0, 0.05) is 5.41 Å². The van der Waals surface area contributed by atoms with E-state index in [4.69, 9.17) is 4.42 Å². The summed E-state index contributed by atoms with van der Waals surface area (Å²) in [7, 11) is 0. The highest BCUT2D eigenvalue weighted by Crippen LogP contribution is 2.60. The van der Waals surface area contributed by atoms with Crippen LogP contribution < -0.4 is 0 Å². The summed E-state index contributed by atoms with van der Waals surface area (Å²) in [6, 6.07) is 10.8. The van der Waals surface area contributed by atoms with Crippen LogP contribution in [0.25, 0.3) is 0 Å². The van der Waals surface area contributed by atoms with Crippen molar-refractivity contribution in [2.24, 2.45) is 17.8 Å². The monoisotopic (exact) mass is 379 g/mol. The Bertz CT molecular complexity index is 831. The van der Waals surface area contributed by atoms with Crippen LogP contribution in [0.15, 0.2) is 33.9 Å². The predicted molar refractivity (Wildman–Crippen MR) is 104 cm³/mol. The van der Waals surface area contributed by atoms with Crippen LogP contribution in [-0.4, -0.2) is 15.4 Å². The van der Waals surface area contributed by atoms with E-state index in [1.165, 1.54) is 61.4 Å². The number of thioether (sulfide) groups is 1. The van der Waals surface area contributed by atoms with Crippen molar-refractivity contribution in [3.05, 3.63) is 41.3 Å². The molecule has 27 heavy (non-hydrogen) atoms. The van der Waals surface area contributed by atoms with Crippen LogP contribution in [0.3, 0.4) is 0 Å². The molecule has 2 aromatic rings. The van der Waals surface area contributed by atoms with E-state index >= 15 is 0 Å². The van der Waals surface area contributed by atoms with Gasteiger partial charge in [0.05, 0.1) is 6.07 Å². The van der Waals surface area contributed by atoms with Crippen molar-refractivity contribution in [1.82, 2.24) is 10.2 Å². The minimum atomic E-state index is -0.211. The lowest BCUT2D eigenvalue weighted by Gasteiger charge is -2.55. The van der Waals surface area contributed by atoms with Crippen molar-refractivity contribution in [3.63, 3.8) is 0 Å². The Balaban J connectivity index is 1.30. The third kappa shape index (κ3) is 3.29. The number of hydrogen-bond acceptors (Lipinski definition) is 5. The molecule has 4 bridgehead atoms. The highest BCUT2D eigenvalue weighted by atomic mass is 32.2. The van der Waals surface area contributed by atoms with Gasteiger partial charge in [-0.2, -0.15) is 5.26 Å². The SMILES string of the molecule is Cc1ccc(C[C@@H](C#N)Sc2nnc(C34CC5CC(CC(C5)C3)C4)o2)cc1. The van der Waals surface area contributed by atoms with Gasteiger partial charge in [0.15, 0.2) is 0 Å². The largest absolute Gasteiger partial charge is 0.415 e. The van der Waals surface area contributed by atoms with E-state index in [0.29, 0.717) is 11.6 Å². The molecule has 4 saturated carbocycles. The maximum atomic E-state index is 9.58. The topological polar surface area (TPSA) is 62.7 Å². The molecule has 0 radical (unpaired) electrons. The number of nitrogens with zero attached hydrogens (tertiary/aromatic N) is 3. The zero-order valence-electron chi connectivity index (χ0n) is 15.7. The van der Waals surface area contributed by atoms with Crippen molar-refractivity contribution < 1.29 is 4.42 Å². The Morgan fingerprint density at radius 3 is 2.33 bits per heavy atom. The number of hydrogen-bond donors (Lipinski definition) is 0. The highest BCUT2D eigenvalue weighted by Gasteiger charge is 2.54. The molecular formula is C22H25N3OS. The normalized spacial score (nSPS) is 32.4. The first-order valence-electron chi connectivity index (χ1n) is 10.1. The van der Waals surface area contributed by atoms with Crippen molar-refractivity contribution in [3.8, 4) is 6.07 Å². The number of aryl methyl sites for hydroxylation is 1. The average Bonchev–Trinajstić information content (AvgIpc) is 3.11. The lowest BCUT2D eigenvalue weighted by Crippen LogP contribution is -2.48. The van der Waals surface area contributed by atoms with Gasteiger partial charge in [-0.25, -0.2) is 0 Å². The first-order chi connectivity index (χ1) is 13.1. The molecule has 5 heteroatoms. The number of nitriles is 1. The predicted octanol–water partition coefficient (Wildman–Crippen LogP) is 5.07. The summed E-state index contributed by atoms with van der Waals surface area (Å²) in [5.41, 5.74) is 2.53. The van der Waals surface area contributed by atoms with Crippen LogP contribution in [0.1, 0.15) is 55.5 Å². The minimum Gasteiger partial charge on any atom is -0.415 e. The molecule has 1 aromatic carbocycles. The number of benzene rings is 1. The maximum absolute atomic E-state index is 9.58. The van der Waals surface area contributed by atoms with Gasteiger partial charge in [-0.3, -0.25) is 0 Å². The highest BCUT2D eigenvalue weighted by molar-refractivity contribution is 7.99. The van der Waals surface area contributed by atoms with Crippen molar-refractivity contribution in [2.75, 3.05) is 0 Å². The second-order valence-electron chi connectivity index (χ2n) is 9.00. The van der Waals surface area contributed by atoms with Gasteiger partial charge in [-0.15, -0.1) is 10.2 Å². The summed E-state index contributed by atoms with van der Waals surface area (Å²) in [6.07, 6.45) is 8.56. The van der Waals surface area contributed by atoms with E-state index in [-0.39, 0.29) is 10.7 Å². The van der Waals surface area contributed by atoms with Crippen LogP contribution in [0.2, 0.25) is 0 Å². The van der Waals surface area contributed by atoms with E-state index < -0.39 is 0 Å². The van der Waals surface area contributed by atoms with Gasteiger partial charge in [0.25, 0.3) is 5.22 Å². The minimum absolute atomic E-state index is 0.125. The Labute approximate surface area is 164 Å². The molecule has 4 aliphatic rings. The molecule has 1 atom stereocenters. The fourth-order valence-electron chi connectivity index (χ4n) is 6.02. The fourth-order valence-corrected chi connectivity index (χ4v) is 6.80. The zero-order valence-corrected chi connectivity index (χ0v) is 16.5. The molecular weight excluding hydrogens is 354 g/mol. The van der Waals surface area contributed by atoms with Crippen LogP contribution in [0.5, 0.6) is 0 Å². The Morgan fingerprint density at radius 2 is 1.74 bits per heavy atom. The van der Waals surface area contributed by atoms with E-state index in [1.807, 2.05) is 0 Å². The molecule has 4 nitrogen and oxygen atoms in total. The maximum Gasteiger partial charge on any atom is 0.277 e. The molecule has 0 spiro atoms. The van der Waals surface area contributed by atoms with Crippen LogP contribution in [-0.2, 0) is 11.8 Å². The van der Waals surface area contributed by atoms with Gasteiger partial charge >= 0.3 is 0 Å². The van der Waals surface area contributed by atoms with Gasteiger partial charge in [-0.1, -0.05) is 29.8 Å². The molecule has 6 rings (SSSR count). The second-order valence-corrected chi connectivity index (χ2v) is 10.2. The van der Waals surface area contributed by atoms with Crippen LogP contribution in [0.4, 0.5) is 0 Å². The second kappa shape index (κ2) is 6.67. The summed E-state index contributed by atoms with van der Waals surface area (Å²) in [5.74, 6) is 3.41. The average molecular weight is 380 g/mol. The molecule has 140 valence electrons. The Kier molecular flexibility index (Phi) is 4.27. The standard InChI is InChI=1S/C22H25N3OS/c1-14-2-4-15(5-3-14)9-19(13-23)27-21-25-24-20(26-21)22-10-16-6-17(11-22)8-18(7-16)12-22/h2-5,16-19H,6-12H2,1H3/t16?,17?,18?,19-,22?/m0/s1. The summed E-state index contributed by atoms with van der Waals surface area (Å²) < 4.78 is 6.15. The Hall–Kier alpha value is -1.80. The molecule has 1 aromatic heterocycles. The van der Waals surface area contributed by atoms with Crippen molar-refractivity contribution >= 4 is 11.8 Å². The number of rotatable bonds is 5. The third-order valence-corrected chi connectivity index (χ3v) is 7.75. The first-order valence-corrected chi connectivity index (χ1v) is 11.0. The lowest BCUT2D eigenvalue weighted by molar-refractivity contribution is -0.0191. The molecule has 0 N–H and O–H groups in total. The summed E-state index contributed by atoms with van der Waals surface area (Å²) in [5, 5.41) is 18.7. The smallest absolute Gasteiger partial charge is 0.277 e. The van der Waals surface area contributed by atoms with Gasteiger partial charge in [0.2, 0.25) is 5.89 Å². The van der Waals surface area contributed by atoms with Crippen molar-refractivity contribution in [2.45, 2.75) is 67.8 Å². The molecule has 0 unspecified atom stereocenters. The van der Waals surface area contributed by atoms with E-state index in [9.17, 15) is 5.26 Å². The molecule has 0 amide bonds. The van der Waals surface area contributed by atoms with Gasteiger partial charge in [0.1, 0.15) is 5.25 Å². The summed E-state index contributed by atoms with van der Waals surface area (Å²) in [6.45, 7) is 2.07. The van der Waals surface area contributed by atoms with E-state index in [0.717, 1.165) is 23.6 Å². The van der Waals surface area contributed by atoms with Gasteiger partial charge < -0.3 is 4.42 Å². The van der Waals surface area contributed by atoms with Gasteiger partial charge in [-0.05, 0) is 86.9 Å². The Morgan fingerprint density at radius 1 is 1.11 bits per heavy atom. The quantitative estimate of drug-likeness (QED) is 0.679. The zero-order chi connectivity index (χ0) is 18.4. The molecule has 0 aliphatic heterocycles. The summed E-state index contributed by atoms with van der Waals surface area (Å²) >= 11 is 1.41. The number of aromatic nitrogens is 2. The van der Waals surface area contributed by atoms with Crippen molar-refractivity contribution in [1.29, 1.82) is 5.26 Å². The molecule has 1 heterocycles. The first kappa shape index (κ1) is 17.3. The van der Waals surface area contributed by atoms with Crippen LogP contribution >= 0.6 is 11.8 Å². The van der Waals surface area contributed by atoms with E-state index in [1.54, 1.807) is 0 Å². The lowest BCUT2D eigenvalue weighted by atomic mass is 9.49. The van der Waals surface area contributed by atoms with Crippen LogP contribution in [0, 0.1) is 36.0 Å². The fraction of sp³-hybridized carbons (Fsp3) is 0.591. The molecule has 4 fully saturated rings. The molecule has 0 saturated heterocycles.